The van der Waals surface area contributed by atoms with Gasteiger partial charge in [-0.1, -0.05) is 6.07 Å². The Labute approximate surface area is 170 Å². The summed E-state index contributed by atoms with van der Waals surface area (Å²) in [7, 11) is 0. The fourth-order valence-corrected chi connectivity index (χ4v) is 3.96. The van der Waals surface area contributed by atoms with E-state index in [4.69, 9.17) is 15.7 Å². The zero-order valence-electron chi connectivity index (χ0n) is 17.0. The molecule has 1 aliphatic rings. The maximum atomic E-state index is 9.51. The molecule has 1 fully saturated rings. The fraction of sp³-hybridized carbons (Fsp3) is 0.476. The Morgan fingerprint density at radius 2 is 2.14 bits per heavy atom. The molecule has 0 amide bonds. The number of benzene rings is 1. The van der Waals surface area contributed by atoms with Crippen molar-refractivity contribution in [3.05, 3.63) is 30.6 Å². The van der Waals surface area contributed by atoms with E-state index in [1.165, 1.54) is 6.42 Å². The van der Waals surface area contributed by atoms with Crippen molar-refractivity contribution in [1.82, 2.24) is 19.5 Å². The zero-order valence-corrected chi connectivity index (χ0v) is 17.0. The molecule has 0 aliphatic carbocycles. The first kappa shape index (κ1) is 19.4. The molecule has 2 aromatic heterocycles. The van der Waals surface area contributed by atoms with Crippen LogP contribution in [0.1, 0.15) is 45.6 Å². The van der Waals surface area contributed by atoms with Gasteiger partial charge in [-0.25, -0.2) is 4.98 Å². The zero-order chi connectivity index (χ0) is 20.4. The summed E-state index contributed by atoms with van der Waals surface area (Å²) >= 11 is 0. The predicted octanol–water partition coefficient (Wildman–Crippen LogP) is 3.47. The second kappa shape index (κ2) is 8.24. The van der Waals surface area contributed by atoms with Crippen molar-refractivity contribution < 1.29 is 5.11 Å². The van der Waals surface area contributed by atoms with Gasteiger partial charge in [0, 0.05) is 36.6 Å². The van der Waals surface area contributed by atoms with Gasteiger partial charge in [-0.05, 0) is 57.7 Å². The Morgan fingerprint density at radius 1 is 1.28 bits per heavy atom. The lowest BCUT2D eigenvalue weighted by molar-refractivity contribution is 0.262. The van der Waals surface area contributed by atoms with Crippen LogP contribution < -0.4 is 16.0 Å². The number of aliphatic hydroxyl groups is 1. The minimum atomic E-state index is 0.168. The van der Waals surface area contributed by atoms with Gasteiger partial charge in [0.15, 0.2) is 17.0 Å². The Bertz CT molecular complexity index is 982. The van der Waals surface area contributed by atoms with Crippen LogP contribution >= 0.6 is 0 Å². The van der Waals surface area contributed by atoms with Crippen LogP contribution in [0.2, 0.25) is 0 Å². The largest absolute Gasteiger partial charge is 0.399 e. The third-order valence-corrected chi connectivity index (χ3v) is 5.46. The molecule has 1 unspecified atom stereocenters. The average molecular weight is 396 g/mol. The first-order chi connectivity index (χ1) is 14.1. The molecular weight excluding hydrogens is 366 g/mol. The number of nitrogens with one attached hydrogen (secondary N) is 1. The molecule has 0 radical (unpaired) electrons. The van der Waals surface area contributed by atoms with E-state index in [2.05, 4.69) is 33.6 Å². The highest BCUT2D eigenvalue weighted by Crippen LogP contribution is 2.30. The maximum absolute atomic E-state index is 9.51. The van der Waals surface area contributed by atoms with E-state index in [1.807, 2.05) is 30.6 Å². The molecule has 0 saturated carbocycles. The molecule has 0 spiro atoms. The van der Waals surface area contributed by atoms with E-state index in [9.17, 15) is 5.11 Å². The van der Waals surface area contributed by atoms with Gasteiger partial charge in [-0.3, -0.25) is 0 Å². The summed E-state index contributed by atoms with van der Waals surface area (Å²) in [5, 5.41) is 12.9. The van der Waals surface area contributed by atoms with E-state index in [0.717, 1.165) is 42.7 Å². The van der Waals surface area contributed by atoms with E-state index in [-0.39, 0.29) is 18.7 Å². The molecule has 8 heteroatoms. The SMILES string of the molecule is CC(C)n1cnc2c(Nc3cccc(N)c3)nc(N3CCCCC3CCO)nc21. The van der Waals surface area contributed by atoms with Crippen LogP contribution in [-0.2, 0) is 0 Å². The lowest BCUT2D eigenvalue weighted by atomic mass is 10.0. The minimum Gasteiger partial charge on any atom is -0.399 e. The number of hydrogen-bond acceptors (Lipinski definition) is 7. The second-order valence-electron chi connectivity index (χ2n) is 7.90. The summed E-state index contributed by atoms with van der Waals surface area (Å²) in [5.74, 6) is 1.35. The van der Waals surface area contributed by atoms with E-state index < -0.39 is 0 Å². The molecule has 1 aromatic carbocycles. The standard InChI is InChI=1S/C21H29N7O/c1-14(2)28-13-23-18-19(24-16-7-5-6-15(22)12-16)25-21(26-20(18)28)27-10-4-3-8-17(27)9-11-29/h5-7,12-14,17,29H,3-4,8-11,22H2,1-2H3,(H,24,25,26). The number of aromatic nitrogens is 4. The Morgan fingerprint density at radius 3 is 2.90 bits per heavy atom. The predicted molar refractivity (Wildman–Crippen MR) is 117 cm³/mol. The monoisotopic (exact) mass is 395 g/mol. The topological polar surface area (TPSA) is 105 Å². The molecule has 0 bridgehead atoms. The van der Waals surface area contributed by atoms with E-state index in [1.54, 1.807) is 0 Å². The van der Waals surface area contributed by atoms with Gasteiger partial charge in [-0.15, -0.1) is 0 Å². The van der Waals surface area contributed by atoms with Crippen molar-refractivity contribution in [2.75, 3.05) is 29.1 Å². The van der Waals surface area contributed by atoms with Gasteiger partial charge in [0.1, 0.15) is 0 Å². The van der Waals surface area contributed by atoms with Gasteiger partial charge >= 0.3 is 0 Å². The molecule has 8 nitrogen and oxygen atoms in total. The van der Waals surface area contributed by atoms with Crippen LogP contribution in [0.3, 0.4) is 0 Å². The molecule has 29 heavy (non-hydrogen) atoms. The summed E-state index contributed by atoms with van der Waals surface area (Å²) in [6.07, 6.45) is 5.86. The van der Waals surface area contributed by atoms with Gasteiger partial charge in [0.25, 0.3) is 0 Å². The number of fused-ring (bicyclic) bond motifs is 1. The van der Waals surface area contributed by atoms with Crippen molar-refractivity contribution in [2.45, 2.75) is 51.6 Å². The smallest absolute Gasteiger partial charge is 0.229 e. The van der Waals surface area contributed by atoms with Crippen LogP contribution in [0, 0.1) is 0 Å². The number of piperidine rings is 1. The van der Waals surface area contributed by atoms with Crippen LogP contribution in [-0.4, -0.2) is 43.8 Å². The Hall–Kier alpha value is -2.87. The first-order valence-corrected chi connectivity index (χ1v) is 10.3. The van der Waals surface area contributed by atoms with Crippen LogP contribution in [0.5, 0.6) is 0 Å². The Kier molecular flexibility index (Phi) is 5.53. The lowest BCUT2D eigenvalue weighted by Crippen LogP contribution is -2.41. The average Bonchev–Trinajstić information content (AvgIpc) is 3.13. The van der Waals surface area contributed by atoms with Crippen LogP contribution in [0.4, 0.5) is 23.1 Å². The highest BCUT2D eigenvalue weighted by atomic mass is 16.3. The molecule has 3 aromatic rings. The summed E-state index contributed by atoms with van der Waals surface area (Å²) in [6.45, 7) is 5.29. The molecule has 4 rings (SSSR count). The number of nitrogens with zero attached hydrogens (tertiary/aromatic N) is 5. The minimum absolute atomic E-state index is 0.168. The number of hydrogen-bond donors (Lipinski definition) is 3. The number of nitrogen functional groups attached to an aromatic ring is 1. The van der Waals surface area contributed by atoms with Gasteiger partial charge < -0.3 is 25.6 Å². The number of anilines is 4. The molecule has 1 atom stereocenters. The third-order valence-electron chi connectivity index (χ3n) is 5.46. The van der Waals surface area contributed by atoms with Crippen molar-refractivity contribution in [3.8, 4) is 0 Å². The molecule has 4 N–H and O–H groups in total. The van der Waals surface area contributed by atoms with Crippen molar-refractivity contribution in [2.24, 2.45) is 0 Å². The Balaban J connectivity index is 1.81. The van der Waals surface area contributed by atoms with Gasteiger partial charge in [0.2, 0.25) is 5.95 Å². The summed E-state index contributed by atoms with van der Waals surface area (Å²) in [5.41, 5.74) is 9.04. The molecule has 1 aliphatic heterocycles. The van der Waals surface area contributed by atoms with Crippen molar-refractivity contribution >= 4 is 34.3 Å². The van der Waals surface area contributed by atoms with Crippen molar-refractivity contribution in [3.63, 3.8) is 0 Å². The third kappa shape index (κ3) is 3.98. The second-order valence-corrected chi connectivity index (χ2v) is 7.90. The van der Waals surface area contributed by atoms with Gasteiger partial charge in [0.05, 0.1) is 6.33 Å². The highest BCUT2D eigenvalue weighted by molar-refractivity contribution is 5.87. The molecule has 154 valence electrons. The highest BCUT2D eigenvalue weighted by Gasteiger charge is 2.26. The summed E-state index contributed by atoms with van der Waals surface area (Å²) < 4.78 is 2.07. The van der Waals surface area contributed by atoms with E-state index in [0.29, 0.717) is 17.5 Å². The van der Waals surface area contributed by atoms with Crippen LogP contribution in [0.15, 0.2) is 30.6 Å². The first-order valence-electron chi connectivity index (χ1n) is 10.3. The number of rotatable bonds is 6. The molecular formula is C21H29N7O. The number of nitrogens with two attached hydrogens (primary N) is 1. The molecule has 3 heterocycles. The number of aliphatic hydroxyl groups excluding tert-OH is 1. The van der Waals surface area contributed by atoms with Crippen molar-refractivity contribution in [1.29, 1.82) is 0 Å². The molecule has 1 saturated heterocycles. The summed E-state index contributed by atoms with van der Waals surface area (Å²) in [4.78, 5) is 16.6. The summed E-state index contributed by atoms with van der Waals surface area (Å²) in [6, 6.07) is 8.08. The fourth-order valence-electron chi connectivity index (χ4n) is 3.96. The van der Waals surface area contributed by atoms with Gasteiger partial charge in [-0.2, -0.15) is 9.97 Å². The van der Waals surface area contributed by atoms with E-state index >= 15 is 0 Å². The lowest BCUT2D eigenvalue weighted by Gasteiger charge is -2.35. The quantitative estimate of drug-likeness (QED) is 0.549. The van der Waals surface area contributed by atoms with Crippen LogP contribution in [0.25, 0.3) is 11.2 Å². The maximum Gasteiger partial charge on any atom is 0.229 e. The number of imidazole rings is 1. The normalized spacial score (nSPS) is 17.2.